The van der Waals surface area contributed by atoms with E-state index in [1.165, 1.54) is 6.07 Å². The van der Waals surface area contributed by atoms with Crippen LogP contribution in [-0.4, -0.2) is 62.3 Å². The number of hydrogen-bond acceptors (Lipinski definition) is 8. The quantitative estimate of drug-likeness (QED) is 0.202. The third-order valence-electron chi connectivity index (χ3n) is 9.94. The SMILES string of the molecule is O=C(CCc1ccc(N2C[C@@H]3C[C@H]2C[C@H]3OCc2c(-c3c(Cl)cccc3Cl)noc2C2CC2)c(F)c1)CS(=O)(=O)C1CCOCC1. The standard InChI is InChI=1S/C34H37Cl2FN2O6S/c35-27-2-1-3-28(36)32(27)33-26(34(45-38-33)21-6-7-21)18-44-31-16-23-15-22(31)17-39(23)30-9-5-20(14-29(30)37)4-8-24(40)19-46(41,42)25-10-12-43-13-11-25/h1-3,5,9,14,21-23,25,31H,4,6-8,10-13,15-19H2/t22-,23-,31+/m0/s1. The van der Waals surface area contributed by atoms with Crippen LogP contribution in [0.5, 0.6) is 0 Å². The molecule has 4 aliphatic rings. The van der Waals surface area contributed by atoms with Crippen molar-refractivity contribution in [2.24, 2.45) is 5.92 Å². The van der Waals surface area contributed by atoms with Gasteiger partial charge in [0.15, 0.2) is 9.84 Å². The molecule has 12 heteroatoms. The molecule has 2 bridgehead atoms. The zero-order chi connectivity index (χ0) is 32.0. The van der Waals surface area contributed by atoms with Gasteiger partial charge in [-0.1, -0.05) is 40.5 Å². The number of nitrogens with zero attached hydrogens (tertiary/aromatic N) is 2. The molecule has 246 valence electrons. The van der Waals surface area contributed by atoms with E-state index in [1.54, 1.807) is 24.3 Å². The monoisotopic (exact) mass is 690 g/mol. The Bertz CT molecular complexity index is 1700. The number of aryl methyl sites for hydroxylation is 1. The van der Waals surface area contributed by atoms with Gasteiger partial charge in [0, 0.05) is 55.2 Å². The number of piperidine rings is 1. The number of carbonyl (C=O) groups is 1. The maximum atomic E-state index is 15.4. The van der Waals surface area contributed by atoms with E-state index < -0.39 is 20.8 Å². The Kier molecular flexibility index (Phi) is 9.19. The number of benzene rings is 2. The van der Waals surface area contributed by atoms with Crippen molar-refractivity contribution in [3.63, 3.8) is 0 Å². The molecule has 46 heavy (non-hydrogen) atoms. The van der Waals surface area contributed by atoms with E-state index >= 15 is 4.39 Å². The fourth-order valence-corrected chi connectivity index (χ4v) is 9.63. The predicted octanol–water partition coefficient (Wildman–Crippen LogP) is 6.94. The van der Waals surface area contributed by atoms with Crippen molar-refractivity contribution in [2.75, 3.05) is 30.4 Å². The third-order valence-corrected chi connectivity index (χ3v) is 12.8. The number of sulfone groups is 1. The van der Waals surface area contributed by atoms with Gasteiger partial charge in [-0.05, 0) is 74.8 Å². The molecule has 2 saturated carbocycles. The molecule has 4 fully saturated rings. The van der Waals surface area contributed by atoms with Crippen molar-refractivity contribution < 1.29 is 31.6 Å². The summed E-state index contributed by atoms with van der Waals surface area (Å²) < 4.78 is 58.2. The van der Waals surface area contributed by atoms with Crippen LogP contribution in [0.15, 0.2) is 40.9 Å². The van der Waals surface area contributed by atoms with Crippen LogP contribution in [0.2, 0.25) is 10.0 Å². The molecule has 7 rings (SSSR count). The summed E-state index contributed by atoms with van der Waals surface area (Å²) >= 11 is 13.0. The lowest BCUT2D eigenvalue weighted by Gasteiger charge is -2.33. The summed E-state index contributed by atoms with van der Waals surface area (Å²) in [4.78, 5) is 14.6. The first-order valence-electron chi connectivity index (χ1n) is 16.1. The molecule has 0 unspecified atom stereocenters. The summed E-state index contributed by atoms with van der Waals surface area (Å²) in [6.07, 6.45) is 5.07. The fraction of sp³-hybridized carbons (Fsp3) is 0.529. The molecule has 2 aliphatic heterocycles. The molecular formula is C34H37Cl2FN2O6S. The summed E-state index contributed by atoms with van der Waals surface area (Å²) in [6.45, 7) is 1.84. The van der Waals surface area contributed by atoms with Gasteiger partial charge < -0.3 is 18.9 Å². The van der Waals surface area contributed by atoms with Crippen molar-refractivity contribution in [2.45, 2.75) is 81.3 Å². The van der Waals surface area contributed by atoms with Gasteiger partial charge in [0.25, 0.3) is 0 Å². The Labute approximate surface area is 278 Å². The van der Waals surface area contributed by atoms with E-state index in [0.29, 0.717) is 84.1 Å². The highest BCUT2D eigenvalue weighted by molar-refractivity contribution is 7.92. The summed E-state index contributed by atoms with van der Waals surface area (Å²) in [5.41, 5.74) is 3.42. The topological polar surface area (TPSA) is 98.9 Å². The molecule has 0 radical (unpaired) electrons. The van der Waals surface area contributed by atoms with Crippen LogP contribution in [0.3, 0.4) is 0 Å². The number of fused-ring (bicyclic) bond motifs is 2. The largest absolute Gasteiger partial charge is 0.381 e. The van der Waals surface area contributed by atoms with Crippen molar-refractivity contribution in [3.8, 4) is 11.3 Å². The second-order valence-electron chi connectivity index (χ2n) is 13.1. The molecule has 0 amide bonds. The molecular weight excluding hydrogens is 654 g/mol. The molecule has 3 atom stereocenters. The molecule has 2 saturated heterocycles. The van der Waals surface area contributed by atoms with E-state index in [-0.39, 0.29) is 36.1 Å². The van der Waals surface area contributed by atoms with E-state index in [2.05, 4.69) is 10.1 Å². The minimum Gasteiger partial charge on any atom is -0.381 e. The van der Waals surface area contributed by atoms with E-state index in [1.807, 2.05) is 6.07 Å². The number of ether oxygens (including phenoxy) is 2. The lowest BCUT2D eigenvalue weighted by molar-refractivity contribution is -0.116. The second kappa shape index (κ2) is 13.2. The van der Waals surface area contributed by atoms with Crippen LogP contribution in [0.25, 0.3) is 11.3 Å². The van der Waals surface area contributed by atoms with Crippen molar-refractivity contribution in [1.29, 1.82) is 0 Å². The molecule has 1 aromatic heterocycles. The normalized spacial score (nSPS) is 23.4. The minimum absolute atomic E-state index is 0.0310. The van der Waals surface area contributed by atoms with Crippen molar-refractivity contribution in [1.82, 2.24) is 5.16 Å². The van der Waals surface area contributed by atoms with Crippen LogP contribution < -0.4 is 4.90 Å². The summed E-state index contributed by atoms with van der Waals surface area (Å²) in [6, 6.07) is 10.6. The Morgan fingerprint density at radius 3 is 2.50 bits per heavy atom. The lowest BCUT2D eigenvalue weighted by atomic mass is 10.0. The first-order valence-corrected chi connectivity index (χ1v) is 18.6. The third kappa shape index (κ3) is 6.61. The van der Waals surface area contributed by atoms with Gasteiger partial charge in [0.05, 0.1) is 33.7 Å². The van der Waals surface area contributed by atoms with Gasteiger partial charge in [-0.3, -0.25) is 4.79 Å². The van der Waals surface area contributed by atoms with Gasteiger partial charge in [0.1, 0.15) is 28.8 Å². The van der Waals surface area contributed by atoms with E-state index in [9.17, 15) is 13.2 Å². The highest BCUT2D eigenvalue weighted by atomic mass is 35.5. The second-order valence-corrected chi connectivity index (χ2v) is 16.2. The van der Waals surface area contributed by atoms with Gasteiger partial charge >= 0.3 is 0 Å². The Morgan fingerprint density at radius 1 is 1.07 bits per heavy atom. The first-order chi connectivity index (χ1) is 22.2. The highest BCUT2D eigenvalue weighted by Crippen LogP contribution is 2.47. The smallest absolute Gasteiger partial charge is 0.160 e. The van der Waals surface area contributed by atoms with Gasteiger partial charge in [0.2, 0.25) is 0 Å². The zero-order valence-electron chi connectivity index (χ0n) is 25.4. The summed E-state index contributed by atoms with van der Waals surface area (Å²) in [5.74, 6) is 0.315. The molecule has 2 aliphatic carbocycles. The molecule has 8 nitrogen and oxygen atoms in total. The number of ketones is 1. The Balaban J connectivity index is 0.951. The number of halogens is 3. The van der Waals surface area contributed by atoms with Crippen LogP contribution in [0.1, 0.15) is 67.8 Å². The number of carbonyl (C=O) groups excluding carboxylic acids is 1. The summed E-state index contributed by atoms with van der Waals surface area (Å²) in [5, 5.41) is 4.87. The fourth-order valence-electron chi connectivity index (χ4n) is 7.32. The molecule has 0 N–H and O–H groups in total. The van der Waals surface area contributed by atoms with Crippen molar-refractivity contribution in [3.05, 3.63) is 69.1 Å². The maximum absolute atomic E-state index is 15.4. The average molecular weight is 692 g/mol. The number of anilines is 1. The van der Waals surface area contributed by atoms with E-state index in [0.717, 1.165) is 37.0 Å². The van der Waals surface area contributed by atoms with E-state index in [4.69, 9.17) is 37.2 Å². The lowest BCUT2D eigenvalue weighted by Crippen LogP contribution is -2.39. The molecule has 0 spiro atoms. The maximum Gasteiger partial charge on any atom is 0.160 e. The highest BCUT2D eigenvalue weighted by Gasteiger charge is 2.46. The number of hydrogen-bond donors (Lipinski definition) is 0. The zero-order valence-corrected chi connectivity index (χ0v) is 27.8. The van der Waals surface area contributed by atoms with Crippen LogP contribution in [-0.2, 0) is 37.1 Å². The van der Waals surface area contributed by atoms with Crippen LogP contribution in [0, 0.1) is 11.7 Å². The van der Waals surface area contributed by atoms with Gasteiger partial charge in [-0.15, -0.1) is 0 Å². The Morgan fingerprint density at radius 2 is 1.83 bits per heavy atom. The number of Topliss-reactive ketones (excluding diaryl/α,β-unsaturated/α-hetero) is 1. The van der Waals surface area contributed by atoms with Crippen molar-refractivity contribution >= 4 is 44.5 Å². The van der Waals surface area contributed by atoms with Crippen LogP contribution >= 0.6 is 23.2 Å². The molecule has 3 aromatic rings. The predicted molar refractivity (Wildman–Crippen MR) is 174 cm³/mol. The number of rotatable bonds is 12. The Hall–Kier alpha value is -2.50. The first kappa shape index (κ1) is 32.1. The molecule has 3 heterocycles. The number of aromatic nitrogens is 1. The van der Waals surface area contributed by atoms with Crippen LogP contribution in [0.4, 0.5) is 10.1 Å². The average Bonchev–Trinajstić information content (AvgIpc) is 3.49. The minimum atomic E-state index is -3.50. The molecule has 2 aromatic carbocycles. The van der Waals surface area contributed by atoms with Gasteiger partial charge in [-0.25, -0.2) is 12.8 Å². The summed E-state index contributed by atoms with van der Waals surface area (Å²) in [7, 11) is -3.50. The van der Waals surface area contributed by atoms with Gasteiger partial charge in [-0.2, -0.15) is 0 Å².